The molecular weight excluding hydrogens is 200 g/mol. The van der Waals surface area contributed by atoms with E-state index in [1.165, 1.54) is 0 Å². The highest BCUT2D eigenvalue weighted by Gasteiger charge is 2.29. The van der Waals surface area contributed by atoms with Gasteiger partial charge in [0, 0.05) is 25.6 Å². The lowest BCUT2D eigenvalue weighted by Crippen LogP contribution is -2.45. The van der Waals surface area contributed by atoms with Gasteiger partial charge >= 0.3 is 0 Å². The molecule has 1 rings (SSSR count). The first kappa shape index (κ1) is 11.8. The Morgan fingerprint density at radius 2 is 2.21 bits per heavy atom. The second-order valence-corrected chi connectivity index (χ2v) is 5.19. The number of hydrogen-bond acceptors (Lipinski definition) is 2. The van der Waals surface area contributed by atoms with Gasteiger partial charge in [0.05, 0.1) is 0 Å². The van der Waals surface area contributed by atoms with Crippen LogP contribution in [0, 0.1) is 5.41 Å². The Balaban J connectivity index is 2.52. The second-order valence-electron chi connectivity index (χ2n) is 4.97. The zero-order chi connectivity index (χ0) is 10.8. The SMILES string of the molecule is CC(C)(C)[C@@H](CN1CCCC1=O)NCl. The zero-order valence-corrected chi connectivity index (χ0v) is 9.90. The summed E-state index contributed by atoms with van der Waals surface area (Å²) in [5, 5.41) is 0. The van der Waals surface area contributed by atoms with Crippen LogP contribution in [-0.2, 0) is 4.79 Å². The van der Waals surface area contributed by atoms with Crippen molar-refractivity contribution in [3.05, 3.63) is 0 Å². The Morgan fingerprint density at radius 3 is 2.57 bits per heavy atom. The summed E-state index contributed by atoms with van der Waals surface area (Å²) >= 11 is 5.69. The molecule has 14 heavy (non-hydrogen) atoms. The van der Waals surface area contributed by atoms with Crippen molar-refractivity contribution >= 4 is 17.7 Å². The van der Waals surface area contributed by atoms with Crippen molar-refractivity contribution < 1.29 is 4.79 Å². The molecule has 0 unspecified atom stereocenters. The van der Waals surface area contributed by atoms with E-state index in [0.717, 1.165) is 13.0 Å². The maximum absolute atomic E-state index is 11.4. The van der Waals surface area contributed by atoms with Crippen molar-refractivity contribution in [2.75, 3.05) is 13.1 Å². The summed E-state index contributed by atoms with van der Waals surface area (Å²) in [7, 11) is 0. The molecule has 0 aromatic carbocycles. The third-order valence-corrected chi connectivity index (χ3v) is 3.01. The standard InChI is InChI=1S/C10H19ClN2O/c1-10(2,3)8(12-11)7-13-6-4-5-9(13)14/h8,12H,4-7H2,1-3H3/t8-/m1/s1. The molecule has 0 aliphatic carbocycles. The average molecular weight is 219 g/mol. The van der Waals surface area contributed by atoms with Crippen LogP contribution in [0.3, 0.4) is 0 Å². The molecule has 0 saturated carbocycles. The molecule has 1 atom stereocenters. The van der Waals surface area contributed by atoms with Crippen molar-refractivity contribution in [3.63, 3.8) is 0 Å². The van der Waals surface area contributed by atoms with Gasteiger partial charge < -0.3 is 4.90 Å². The maximum atomic E-state index is 11.4. The number of nitrogens with one attached hydrogen (secondary N) is 1. The minimum absolute atomic E-state index is 0.0740. The molecule has 1 fully saturated rings. The van der Waals surface area contributed by atoms with Gasteiger partial charge in [-0.05, 0) is 23.6 Å². The highest BCUT2D eigenvalue weighted by atomic mass is 35.5. The Labute approximate surface area is 90.9 Å². The largest absolute Gasteiger partial charge is 0.341 e. The zero-order valence-electron chi connectivity index (χ0n) is 9.14. The summed E-state index contributed by atoms with van der Waals surface area (Å²) in [6.45, 7) is 7.95. The van der Waals surface area contributed by atoms with E-state index in [4.69, 9.17) is 11.8 Å². The normalized spacial score (nSPS) is 20.3. The summed E-state index contributed by atoms with van der Waals surface area (Å²) in [6.07, 6.45) is 1.68. The minimum Gasteiger partial charge on any atom is -0.341 e. The summed E-state index contributed by atoms with van der Waals surface area (Å²) in [4.78, 5) is 16.1. The average Bonchev–Trinajstić information content (AvgIpc) is 2.45. The van der Waals surface area contributed by atoms with E-state index in [1.807, 2.05) is 4.90 Å². The number of halogens is 1. The molecule has 1 amide bonds. The number of carbonyl (C=O) groups excluding carboxylic acids is 1. The quantitative estimate of drug-likeness (QED) is 0.733. The van der Waals surface area contributed by atoms with Crippen LogP contribution in [0.2, 0.25) is 0 Å². The molecule has 82 valence electrons. The Bertz CT molecular complexity index is 213. The molecule has 1 aliphatic rings. The van der Waals surface area contributed by atoms with Crippen molar-refractivity contribution in [1.82, 2.24) is 9.74 Å². The predicted octanol–water partition coefficient (Wildman–Crippen LogP) is 1.77. The first-order valence-electron chi connectivity index (χ1n) is 5.09. The molecule has 1 saturated heterocycles. The van der Waals surface area contributed by atoms with E-state index in [2.05, 4.69) is 25.6 Å². The smallest absolute Gasteiger partial charge is 0.222 e. The lowest BCUT2D eigenvalue weighted by Gasteiger charge is -2.32. The molecule has 1 aliphatic heterocycles. The van der Waals surface area contributed by atoms with Gasteiger partial charge in [0.2, 0.25) is 5.91 Å². The molecule has 0 bridgehead atoms. The highest BCUT2D eigenvalue weighted by molar-refractivity contribution is 6.13. The van der Waals surface area contributed by atoms with E-state index in [-0.39, 0.29) is 17.4 Å². The van der Waals surface area contributed by atoms with Gasteiger partial charge in [-0.15, -0.1) is 0 Å². The first-order valence-corrected chi connectivity index (χ1v) is 5.47. The fourth-order valence-corrected chi connectivity index (χ4v) is 1.99. The van der Waals surface area contributed by atoms with Gasteiger partial charge in [-0.25, -0.2) is 4.84 Å². The topological polar surface area (TPSA) is 32.3 Å². The molecule has 3 nitrogen and oxygen atoms in total. The summed E-state index contributed by atoms with van der Waals surface area (Å²) < 4.78 is 0. The van der Waals surface area contributed by atoms with Gasteiger partial charge in [-0.3, -0.25) is 4.79 Å². The number of carbonyl (C=O) groups is 1. The molecule has 4 heteroatoms. The summed E-state index contributed by atoms with van der Waals surface area (Å²) in [6, 6.07) is 0.145. The van der Waals surface area contributed by atoms with Crippen molar-refractivity contribution in [2.24, 2.45) is 5.41 Å². The number of rotatable bonds is 3. The van der Waals surface area contributed by atoms with Gasteiger partial charge in [0.15, 0.2) is 0 Å². The molecule has 0 radical (unpaired) electrons. The molecule has 1 N–H and O–H groups in total. The van der Waals surface area contributed by atoms with E-state index in [9.17, 15) is 4.79 Å². The van der Waals surface area contributed by atoms with Crippen LogP contribution in [0.25, 0.3) is 0 Å². The summed E-state index contributed by atoms with van der Waals surface area (Å²) in [5.74, 6) is 0.256. The molecule has 1 heterocycles. The van der Waals surface area contributed by atoms with Crippen LogP contribution in [-0.4, -0.2) is 29.9 Å². The van der Waals surface area contributed by atoms with E-state index in [1.54, 1.807) is 0 Å². The van der Waals surface area contributed by atoms with E-state index < -0.39 is 0 Å². The van der Waals surface area contributed by atoms with Gasteiger partial charge in [0.1, 0.15) is 0 Å². The third-order valence-electron chi connectivity index (χ3n) is 2.75. The predicted molar refractivity (Wildman–Crippen MR) is 58.0 cm³/mol. The number of likely N-dealkylation sites (tertiary alicyclic amines) is 1. The van der Waals surface area contributed by atoms with Crippen LogP contribution in [0.1, 0.15) is 33.6 Å². The fraction of sp³-hybridized carbons (Fsp3) is 0.900. The monoisotopic (exact) mass is 218 g/mol. The van der Waals surface area contributed by atoms with E-state index in [0.29, 0.717) is 13.0 Å². The van der Waals surface area contributed by atoms with Gasteiger partial charge in [0.25, 0.3) is 0 Å². The second kappa shape index (κ2) is 4.49. The van der Waals surface area contributed by atoms with Gasteiger partial charge in [-0.2, -0.15) is 0 Å². The van der Waals surface area contributed by atoms with Gasteiger partial charge in [-0.1, -0.05) is 20.8 Å². The molecule has 0 aromatic rings. The fourth-order valence-electron chi connectivity index (χ4n) is 1.59. The minimum atomic E-state index is 0.0740. The van der Waals surface area contributed by atoms with Crippen molar-refractivity contribution in [3.8, 4) is 0 Å². The lowest BCUT2D eigenvalue weighted by atomic mass is 9.87. The van der Waals surface area contributed by atoms with E-state index >= 15 is 0 Å². The van der Waals surface area contributed by atoms with Crippen LogP contribution in [0.4, 0.5) is 0 Å². The number of nitrogens with zero attached hydrogens (tertiary/aromatic N) is 1. The Morgan fingerprint density at radius 1 is 1.57 bits per heavy atom. The first-order chi connectivity index (χ1) is 6.45. The summed E-state index contributed by atoms with van der Waals surface area (Å²) in [5.41, 5.74) is 0.0740. The van der Waals surface area contributed by atoms with Crippen LogP contribution < -0.4 is 4.84 Å². The van der Waals surface area contributed by atoms with Crippen molar-refractivity contribution in [2.45, 2.75) is 39.7 Å². The molecule has 0 aromatic heterocycles. The Hall–Kier alpha value is -0.280. The molecular formula is C10H19ClN2O. The number of amides is 1. The maximum Gasteiger partial charge on any atom is 0.222 e. The Kier molecular flexibility index (Phi) is 3.78. The lowest BCUT2D eigenvalue weighted by molar-refractivity contribution is -0.128. The number of hydrogen-bond donors (Lipinski definition) is 1. The van der Waals surface area contributed by atoms with Crippen molar-refractivity contribution in [1.29, 1.82) is 0 Å². The molecule has 0 spiro atoms. The van der Waals surface area contributed by atoms with Crippen LogP contribution >= 0.6 is 11.8 Å². The third kappa shape index (κ3) is 2.85. The van der Waals surface area contributed by atoms with Crippen LogP contribution in [0.15, 0.2) is 0 Å². The highest BCUT2D eigenvalue weighted by Crippen LogP contribution is 2.22. The van der Waals surface area contributed by atoms with Crippen LogP contribution in [0.5, 0.6) is 0 Å².